The molecule has 0 spiro atoms. The lowest BCUT2D eigenvalue weighted by atomic mass is 10.2. The van der Waals surface area contributed by atoms with E-state index in [2.05, 4.69) is 0 Å². The zero-order valence-corrected chi connectivity index (χ0v) is 7.34. The summed E-state index contributed by atoms with van der Waals surface area (Å²) in [5.41, 5.74) is 2.31. The molecule has 0 unspecified atom stereocenters. The Kier molecular flexibility index (Phi) is 1.24. The standard InChI is InChI=1S/C10H5ClO2/c11-6-1-2-7-9(5-6)13-8-3-4-12-10(7)8/h1-5H. The van der Waals surface area contributed by atoms with E-state index < -0.39 is 0 Å². The summed E-state index contributed by atoms with van der Waals surface area (Å²) in [6.45, 7) is 0. The molecule has 0 aliphatic carbocycles. The Hall–Kier alpha value is -1.41. The molecule has 2 heterocycles. The number of fused-ring (bicyclic) bond motifs is 3. The largest absolute Gasteiger partial charge is 0.460 e. The zero-order valence-electron chi connectivity index (χ0n) is 6.58. The summed E-state index contributed by atoms with van der Waals surface area (Å²) in [6, 6.07) is 7.30. The van der Waals surface area contributed by atoms with Crippen molar-refractivity contribution in [3.05, 3.63) is 35.6 Å². The fourth-order valence-corrected chi connectivity index (χ4v) is 1.62. The van der Waals surface area contributed by atoms with Gasteiger partial charge in [-0.2, -0.15) is 0 Å². The van der Waals surface area contributed by atoms with Crippen LogP contribution in [0.15, 0.2) is 39.4 Å². The van der Waals surface area contributed by atoms with Crippen molar-refractivity contribution >= 4 is 33.7 Å². The minimum Gasteiger partial charge on any atom is -0.460 e. The van der Waals surface area contributed by atoms with Crippen LogP contribution in [0, 0.1) is 0 Å². The van der Waals surface area contributed by atoms with Crippen molar-refractivity contribution in [3.63, 3.8) is 0 Å². The quantitative estimate of drug-likeness (QED) is 0.541. The Morgan fingerprint density at radius 3 is 2.92 bits per heavy atom. The second kappa shape index (κ2) is 2.30. The third-order valence-electron chi connectivity index (χ3n) is 2.04. The molecule has 0 bridgehead atoms. The molecule has 3 aromatic rings. The molecule has 0 atom stereocenters. The second-order valence-electron chi connectivity index (χ2n) is 2.86. The van der Waals surface area contributed by atoms with Crippen LogP contribution in [0.4, 0.5) is 0 Å². The molecule has 64 valence electrons. The number of hydrogen-bond acceptors (Lipinski definition) is 2. The van der Waals surface area contributed by atoms with Gasteiger partial charge in [0.2, 0.25) is 0 Å². The summed E-state index contributed by atoms with van der Waals surface area (Å²) in [4.78, 5) is 0. The third kappa shape index (κ3) is 0.892. The smallest absolute Gasteiger partial charge is 0.180 e. The highest BCUT2D eigenvalue weighted by Gasteiger charge is 2.08. The van der Waals surface area contributed by atoms with Gasteiger partial charge in [-0.1, -0.05) is 11.6 Å². The Morgan fingerprint density at radius 2 is 2.00 bits per heavy atom. The molecular weight excluding hydrogens is 188 g/mol. The number of furan rings is 2. The van der Waals surface area contributed by atoms with Crippen molar-refractivity contribution in [3.8, 4) is 0 Å². The van der Waals surface area contributed by atoms with E-state index in [-0.39, 0.29) is 0 Å². The predicted molar refractivity (Wildman–Crippen MR) is 51.0 cm³/mol. The molecule has 1 aromatic carbocycles. The molecule has 0 amide bonds. The van der Waals surface area contributed by atoms with Crippen molar-refractivity contribution in [1.82, 2.24) is 0 Å². The van der Waals surface area contributed by atoms with Gasteiger partial charge in [-0.05, 0) is 12.1 Å². The molecule has 13 heavy (non-hydrogen) atoms. The van der Waals surface area contributed by atoms with Gasteiger partial charge in [-0.15, -0.1) is 0 Å². The van der Waals surface area contributed by atoms with Crippen LogP contribution in [0.25, 0.3) is 22.1 Å². The van der Waals surface area contributed by atoms with Crippen molar-refractivity contribution in [2.24, 2.45) is 0 Å². The van der Waals surface area contributed by atoms with E-state index in [9.17, 15) is 0 Å². The molecule has 0 saturated carbocycles. The van der Waals surface area contributed by atoms with Crippen LogP contribution < -0.4 is 0 Å². The minimum absolute atomic E-state index is 0.670. The van der Waals surface area contributed by atoms with Crippen molar-refractivity contribution < 1.29 is 8.83 Å². The van der Waals surface area contributed by atoms with Crippen LogP contribution in [0.1, 0.15) is 0 Å². The third-order valence-corrected chi connectivity index (χ3v) is 2.27. The van der Waals surface area contributed by atoms with Gasteiger partial charge in [0.15, 0.2) is 11.2 Å². The molecule has 3 rings (SSSR count). The Bertz CT molecular complexity index is 577. The molecule has 0 saturated heterocycles. The Labute approximate surface area is 78.7 Å². The summed E-state index contributed by atoms with van der Waals surface area (Å²) in [7, 11) is 0. The lowest BCUT2D eigenvalue weighted by Gasteiger charge is -1.88. The van der Waals surface area contributed by atoms with Gasteiger partial charge < -0.3 is 8.83 Å². The lowest BCUT2D eigenvalue weighted by molar-refractivity contribution is 0.616. The SMILES string of the molecule is Clc1ccc2c(c1)oc1ccoc12. The topological polar surface area (TPSA) is 26.3 Å². The van der Waals surface area contributed by atoms with Crippen molar-refractivity contribution in [2.75, 3.05) is 0 Å². The van der Waals surface area contributed by atoms with Gasteiger partial charge in [0.05, 0.1) is 11.6 Å². The van der Waals surface area contributed by atoms with E-state index in [0.29, 0.717) is 5.02 Å². The average Bonchev–Trinajstić information content (AvgIpc) is 2.62. The molecular formula is C10H5ClO2. The summed E-state index contributed by atoms with van der Waals surface area (Å²) < 4.78 is 10.8. The first-order chi connectivity index (χ1) is 6.34. The molecule has 0 N–H and O–H groups in total. The molecule has 0 radical (unpaired) electrons. The summed E-state index contributed by atoms with van der Waals surface area (Å²) in [5, 5.41) is 1.63. The number of halogens is 1. The summed E-state index contributed by atoms with van der Waals surface area (Å²) in [5.74, 6) is 0. The fourth-order valence-electron chi connectivity index (χ4n) is 1.46. The number of hydrogen-bond donors (Lipinski definition) is 0. The van der Waals surface area contributed by atoms with Crippen LogP contribution in [0.2, 0.25) is 5.02 Å². The number of benzene rings is 1. The monoisotopic (exact) mass is 192 g/mol. The van der Waals surface area contributed by atoms with E-state index in [4.69, 9.17) is 20.4 Å². The summed E-state index contributed by atoms with van der Waals surface area (Å²) >= 11 is 5.82. The normalized spacial score (nSPS) is 11.5. The van der Waals surface area contributed by atoms with Crippen LogP contribution in [-0.2, 0) is 0 Å². The first kappa shape index (κ1) is 7.04. The maximum absolute atomic E-state index is 5.82. The average molecular weight is 193 g/mol. The maximum Gasteiger partial charge on any atom is 0.180 e. The van der Waals surface area contributed by atoms with E-state index >= 15 is 0 Å². The van der Waals surface area contributed by atoms with E-state index in [1.807, 2.05) is 12.1 Å². The van der Waals surface area contributed by atoms with Gasteiger partial charge in [0.25, 0.3) is 0 Å². The lowest BCUT2D eigenvalue weighted by Crippen LogP contribution is -1.64. The molecule has 0 aliphatic heterocycles. The van der Waals surface area contributed by atoms with Gasteiger partial charge in [0.1, 0.15) is 5.58 Å². The fraction of sp³-hybridized carbons (Fsp3) is 0. The van der Waals surface area contributed by atoms with E-state index in [1.54, 1.807) is 18.4 Å². The molecule has 3 heteroatoms. The highest BCUT2D eigenvalue weighted by molar-refractivity contribution is 6.31. The van der Waals surface area contributed by atoms with E-state index in [0.717, 1.165) is 22.1 Å². The van der Waals surface area contributed by atoms with E-state index in [1.165, 1.54) is 0 Å². The molecule has 2 nitrogen and oxygen atoms in total. The van der Waals surface area contributed by atoms with Gasteiger partial charge in [-0.3, -0.25) is 0 Å². The Balaban J connectivity index is 2.59. The molecule has 2 aromatic heterocycles. The van der Waals surface area contributed by atoms with Crippen molar-refractivity contribution in [1.29, 1.82) is 0 Å². The van der Waals surface area contributed by atoms with Crippen LogP contribution in [-0.4, -0.2) is 0 Å². The maximum atomic E-state index is 5.82. The van der Waals surface area contributed by atoms with Gasteiger partial charge in [-0.25, -0.2) is 0 Å². The van der Waals surface area contributed by atoms with Crippen LogP contribution in [0.3, 0.4) is 0 Å². The highest BCUT2D eigenvalue weighted by Crippen LogP contribution is 2.30. The number of rotatable bonds is 0. The van der Waals surface area contributed by atoms with Gasteiger partial charge >= 0.3 is 0 Å². The first-order valence-electron chi connectivity index (χ1n) is 3.90. The molecule has 0 aliphatic rings. The first-order valence-corrected chi connectivity index (χ1v) is 4.28. The second-order valence-corrected chi connectivity index (χ2v) is 3.29. The summed E-state index contributed by atoms with van der Waals surface area (Å²) in [6.07, 6.45) is 1.61. The van der Waals surface area contributed by atoms with Crippen LogP contribution >= 0.6 is 11.6 Å². The van der Waals surface area contributed by atoms with Crippen LogP contribution in [0.5, 0.6) is 0 Å². The minimum atomic E-state index is 0.670. The zero-order chi connectivity index (χ0) is 8.84. The van der Waals surface area contributed by atoms with Crippen molar-refractivity contribution in [2.45, 2.75) is 0 Å². The van der Waals surface area contributed by atoms with Gasteiger partial charge in [0, 0.05) is 17.2 Å². The Morgan fingerprint density at radius 1 is 1.08 bits per heavy atom. The predicted octanol–water partition coefficient (Wildman–Crippen LogP) is 3.83. The molecule has 0 fully saturated rings. The highest BCUT2D eigenvalue weighted by atomic mass is 35.5.